The van der Waals surface area contributed by atoms with E-state index < -0.39 is 97.5 Å². The Morgan fingerprint density at radius 2 is 0.494 bits per heavy atom. The molecule has 81 heavy (non-hydrogen) atoms. The van der Waals surface area contributed by atoms with Crippen LogP contribution in [0.25, 0.3) is 0 Å². The molecule has 0 aliphatic heterocycles. The molecule has 0 rings (SSSR count). The van der Waals surface area contributed by atoms with Crippen molar-refractivity contribution in [2.24, 2.45) is 0 Å². The van der Waals surface area contributed by atoms with Gasteiger partial charge in [0.15, 0.2) is 12.2 Å². The monoisotopic (exact) mass is 1200 g/mol. The maximum absolute atomic E-state index is 13.0. The van der Waals surface area contributed by atoms with Gasteiger partial charge in [-0.25, -0.2) is 9.13 Å². The molecule has 0 saturated carbocycles. The fourth-order valence-electron chi connectivity index (χ4n) is 9.28. The fourth-order valence-corrected chi connectivity index (χ4v) is 10.9. The highest BCUT2D eigenvalue weighted by molar-refractivity contribution is 7.47. The number of carbonyl (C=O) groups is 4. The van der Waals surface area contributed by atoms with E-state index in [4.69, 9.17) is 37.0 Å². The van der Waals surface area contributed by atoms with Gasteiger partial charge in [-0.1, -0.05) is 265 Å². The van der Waals surface area contributed by atoms with Gasteiger partial charge in [0.05, 0.1) is 26.4 Å². The van der Waals surface area contributed by atoms with E-state index in [1.165, 1.54) is 141 Å². The summed E-state index contributed by atoms with van der Waals surface area (Å²) in [6.45, 7) is 4.79. The standard InChI is InChI=1S/C62H120O17P2/c1-5-9-13-17-20-23-26-28-29-31-34-37-41-45-49-62(67)79-58(53-73-60(65)47-43-39-35-33-30-27-24-21-18-14-10-6-2)55-77-81(70,71)75-51-56(63)50-74-80(68,69)76-54-57(52-72-59(64)46-42-38-16-12-8-4)78-61(66)48-44-40-36-32-25-22-19-15-11-7-3/h56-58,63H,5-55H2,1-4H3,(H,68,69)(H,70,71)/t56-,57+,58+/m0/s1. The lowest BCUT2D eigenvalue weighted by Gasteiger charge is -2.21. The van der Waals surface area contributed by atoms with Crippen LogP contribution in [0.2, 0.25) is 0 Å². The van der Waals surface area contributed by atoms with Crippen molar-refractivity contribution >= 4 is 39.5 Å². The van der Waals surface area contributed by atoms with Crippen molar-refractivity contribution in [2.45, 2.75) is 335 Å². The number of esters is 4. The first-order valence-corrected chi connectivity index (χ1v) is 35.8. The Labute approximate surface area is 492 Å². The van der Waals surface area contributed by atoms with Crippen molar-refractivity contribution in [3.8, 4) is 0 Å². The molecule has 0 heterocycles. The molecule has 0 fully saturated rings. The van der Waals surface area contributed by atoms with Gasteiger partial charge in [0.2, 0.25) is 0 Å². The number of phosphoric acid groups is 2. The van der Waals surface area contributed by atoms with Crippen LogP contribution in [0.5, 0.6) is 0 Å². The van der Waals surface area contributed by atoms with Crippen LogP contribution in [0, 0.1) is 0 Å². The molecule has 0 spiro atoms. The third-order valence-corrected chi connectivity index (χ3v) is 16.3. The number of hydrogen-bond donors (Lipinski definition) is 3. The van der Waals surface area contributed by atoms with Gasteiger partial charge in [-0.3, -0.25) is 37.3 Å². The Morgan fingerprint density at radius 3 is 0.728 bits per heavy atom. The van der Waals surface area contributed by atoms with Gasteiger partial charge in [-0.05, 0) is 25.7 Å². The van der Waals surface area contributed by atoms with Crippen molar-refractivity contribution in [2.75, 3.05) is 39.6 Å². The maximum Gasteiger partial charge on any atom is 0.472 e. The highest BCUT2D eigenvalue weighted by atomic mass is 31.2. The number of aliphatic hydroxyl groups is 1. The SMILES string of the molecule is CCCCCCCCCCCCCCCCC(=O)O[C@H](COC(=O)CCCCCCCCCCCCCC)COP(=O)(O)OC[C@@H](O)COP(=O)(O)OC[C@@H](COC(=O)CCCCCCC)OC(=O)CCCCCCCCCCCC. The highest BCUT2D eigenvalue weighted by Crippen LogP contribution is 2.45. The first-order chi connectivity index (χ1) is 39.2. The van der Waals surface area contributed by atoms with Crippen LogP contribution in [-0.2, 0) is 65.4 Å². The Hall–Kier alpha value is -1.94. The topological polar surface area (TPSA) is 237 Å². The summed E-state index contributed by atoms with van der Waals surface area (Å²) in [6.07, 6.45) is 41.9. The zero-order chi connectivity index (χ0) is 59.8. The largest absolute Gasteiger partial charge is 0.472 e. The molecule has 5 atom stereocenters. The van der Waals surface area contributed by atoms with Crippen molar-refractivity contribution < 1.29 is 80.2 Å². The lowest BCUT2D eigenvalue weighted by molar-refractivity contribution is -0.161. The molecular formula is C62H120O17P2. The van der Waals surface area contributed by atoms with Crippen molar-refractivity contribution in [3.63, 3.8) is 0 Å². The average molecular weight is 1200 g/mol. The number of rotatable bonds is 63. The molecule has 0 aromatic rings. The molecule has 0 aliphatic rings. The molecule has 0 radical (unpaired) electrons. The number of unbranched alkanes of at least 4 members (excludes halogenated alkanes) is 37. The summed E-state index contributed by atoms with van der Waals surface area (Å²) in [6, 6.07) is 0. The Kier molecular flexibility index (Phi) is 55.8. The molecule has 3 N–H and O–H groups in total. The van der Waals surface area contributed by atoms with Crippen LogP contribution < -0.4 is 0 Å². The summed E-state index contributed by atoms with van der Waals surface area (Å²) in [4.78, 5) is 71.9. The van der Waals surface area contributed by atoms with Gasteiger partial charge >= 0.3 is 39.5 Å². The second kappa shape index (κ2) is 57.2. The molecule has 0 aromatic carbocycles. The molecule has 0 amide bonds. The van der Waals surface area contributed by atoms with E-state index in [2.05, 4.69) is 27.7 Å². The predicted molar refractivity (Wildman–Crippen MR) is 322 cm³/mol. The lowest BCUT2D eigenvalue weighted by atomic mass is 10.0. The second-order valence-electron chi connectivity index (χ2n) is 22.4. The summed E-state index contributed by atoms with van der Waals surface area (Å²) in [5.41, 5.74) is 0. The second-order valence-corrected chi connectivity index (χ2v) is 25.4. The van der Waals surface area contributed by atoms with Gasteiger partial charge in [-0.2, -0.15) is 0 Å². The van der Waals surface area contributed by atoms with Crippen LogP contribution in [0.3, 0.4) is 0 Å². The number of aliphatic hydroxyl groups excluding tert-OH is 1. The fraction of sp³-hybridized carbons (Fsp3) is 0.935. The summed E-state index contributed by atoms with van der Waals surface area (Å²) in [7, 11) is -9.87. The van der Waals surface area contributed by atoms with E-state index in [1.807, 2.05) is 0 Å². The van der Waals surface area contributed by atoms with Gasteiger partial charge in [0.1, 0.15) is 19.3 Å². The van der Waals surface area contributed by atoms with E-state index in [1.54, 1.807) is 0 Å². The first-order valence-electron chi connectivity index (χ1n) is 32.8. The average Bonchev–Trinajstić information content (AvgIpc) is 3.44. The summed E-state index contributed by atoms with van der Waals surface area (Å²) < 4.78 is 67.7. The molecule has 17 nitrogen and oxygen atoms in total. The molecular weight excluding hydrogens is 1080 g/mol. The molecule has 0 saturated heterocycles. The van der Waals surface area contributed by atoms with Crippen LogP contribution >= 0.6 is 15.6 Å². The molecule has 0 bridgehead atoms. The van der Waals surface area contributed by atoms with Crippen molar-refractivity contribution in [1.29, 1.82) is 0 Å². The third-order valence-electron chi connectivity index (χ3n) is 14.4. The molecule has 0 aliphatic carbocycles. The van der Waals surface area contributed by atoms with Crippen molar-refractivity contribution in [3.05, 3.63) is 0 Å². The smallest absolute Gasteiger partial charge is 0.462 e. The normalized spacial score (nSPS) is 14.2. The van der Waals surface area contributed by atoms with Gasteiger partial charge < -0.3 is 33.8 Å². The Bertz CT molecular complexity index is 1570. The molecule has 0 aromatic heterocycles. The lowest BCUT2D eigenvalue weighted by Crippen LogP contribution is -2.30. The summed E-state index contributed by atoms with van der Waals surface area (Å²) in [5.74, 6) is -2.14. The van der Waals surface area contributed by atoms with Crippen molar-refractivity contribution in [1.82, 2.24) is 0 Å². The van der Waals surface area contributed by atoms with E-state index in [0.717, 1.165) is 96.3 Å². The van der Waals surface area contributed by atoms with Crippen LogP contribution in [0.15, 0.2) is 0 Å². The van der Waals surface area contributed by atoms with Crippen LogP contribution in [-0.4, -0.2) is 96.7 Å². The number of hydrogen-bond acceptors (Lipinski definition) is 15. The summed E-state index contributed by atoms with van der Waals surface area (Å²) >= 11 is 0. The summed E-state index contributed by atoms with van der Waals surface area (Å²) in [5, 5.41) is 10.5. The minimum atomic E-state index is -4.94. The van der Waals surface area contributed by atoms with E-state index in [9.17, 15) is 43.2 Å². The van der Waals surface area contributed by atoms with E-state index in [0.29, 0.717) is 25.7 Å². The molecule has 480 valence electrons. The van der Waals surface area contributed by atoms with E-state index in [-0.39, 0.29) is 25.7 Å². The van der Waals surface area contributed by atoms with Gasteiger partial charge in [-0.15, -0.1) is 0 Å². The zero-order valence-electron chi connectivity index (χ0n) is 51.7. The quantitative estimate of drug-likeness (QED) is 0.0222. The third kappa shape index (κ3) is 56.9. The van der Waals surface area contributed by atoms with E-state index >= 15 is 0 Å². The minimum Gasteiger partial charge on any atom is -0.462 e. The first kappa shape index (κ1) is 79.1. The number of phosphoric ester groups is 2. The zero-order valence-corrected chi connectivity index (χ0v) is 53.5. The Balaban J connectivity index is 5.17. The van der Waals surface area contributed by atoms with Gasteiger partial charge in [0, 0.05) is 25.7 Å². The Morgan fingerprint density at radius 1 is 0.296 bits per heavy atom. The molecule has 19 heteroatoms. The van der Waals surface area contributed by atoms with Gasteiger partial charge in [0.25, 0.3) is 0 Å². The predicted octanol–water partition coefficient (Wildman–Crippen LogP) is 17.2. The maximum atomic E-state index is 13.0. The minimum absolute atomic E-state index is 0.106. The molecule has 2 unspecified atom stereocenters. The van der Waals surface area contributed by atoms with Crippen LogP contribution in [0.4, 0.5) is 0 Å². The number of carbonyl (C=O) groups excluding carboxylic acids is 4. The highest BCUT2D eigenvalue weighted by Gasteiger charge is 2.30. The van der Waals surface area contributed by atoms with Crippen LogP contribution in [0.1, 0.15) is 317 Å². The number of ether oxygens (including phenoxy) is 4.